The summed E-state index contributed by atoms with van der Waals surface area (Å²) in [4.78, 5) is 11.9. The van der Waals surface area contributed by atoms with E-state index in [1.54, 1.807) is 0 Å². The SMILES string of the molecule is CC(C)CNC(=O)C(C)Sc1nnc(NC2CC2)s1. The van der Waals surface area contributed by atoms with E-state index in [0.29, 0.717) is 18.5 Å². The molecular formula is C12H20N4OS2. The van der Waals surface area contributed by atoms with Crippen LogP contribution in [0.15, 0.2) is 4.34 Å². The molecule has 2 N–H and O–H groups in total. The standard InChI is InChI=1S/C12H20N4OS2/c1-7(2)6-13-10(17)8(3)18-12-16-15-11(19-12)14-9-4-5-9/h7-9H,4-6H2,1-3H3,(H,13,17)(H,14,15). The number of hydrogen-bond acceptors (Lipinski definition) is 6. The van der Waals surface area contributed by atoms with Crippen molar-refractivity contribution in [3.05, 3.63) is 0 Å². The van der Waals surface area contributed by atoms with E-state index < -0.39 is 0 Å². The Balaban J connectivity index is 1.78. The number of thioether (sulfide) groups is 1. The monoisotopic (exact) mass is 300 g/mol. The highest BCUT2D eigenvalue weighted by atomic mass is 32.2. The third kappa shape index (κ3) is 4.99. The van der Waals surface area contributed by atoms with Gasteiger partial charge >= 0.3 is 0 Å². The fraction of sp³-hybridized carbons (Fsp3) is 0.750. The lowest BCUT2D eigenvalue weighted by Crippen LogP contribution is -2.33. The van der Waals surface area contributed by atoms with Gasteiger partial charge in [-0.1, -0.05) is 36.9 Å². The van der Waals surface area contributed by atoms with Gasteiger partial charge in [-0.05, 0) is 25.7 Å². The number of hydrogen-bond donors (Lipinski definition) is 2. The van der Waals surface area contributed by atoms with Crippen molar-refractivity contribution in [2.45, 2.75) is 49.2 Å². The lowest BCUT2D eigenvalue weighted by atomic mass is 10.2. The summed E-state index contributed by atoms with van der Waals surface area (Å²) in [5.41, 5.74) is 0. The Labute approximate surface area is 122 Å². The summed E-state index contributed by atoms with van der Waals surface area (Å²) in [6, 6.07) is 0.581. The maximum Gasteiger partial charge on any atom is 0.233 e. The van der Waals surface area contributed by atoms with Crippen molar-refractivity contribution in [1.29, 1.82) is 0 Å². The van der Waals surface area contributed by atoms with E-state index in [-0.39, 0.29) is 11.2 Å². The smallest absolute Gasteiger partial charge is 0.233 e. The van der Waals surface area contributed by atoms with Crippen molar-refractivity contribution in [1.82, 2.24) is 15.5 Å². The van der Waals surface area contributed by atoms with Crippen molar-refractivity contribution < 1.29 is 4.79 Å². The molecule has 0 spiro atoms. The Morgan fingerprint density at radius 3 is 2.79 bits per heavy atom. The number of amides is 1. The maximum atomic E-state index is 11.9. The van der Waals surface area contributed by atoms with E-state index in [4.69, 9.17) is 0 Å². The van der Waals surface area contributed by atoms with Gasteiger partial charge in [-0.3, -0.25) is 4.79 Å². The van der Waals surface area contributed by atoms with E-state index in [2.05, 4.69) is 34.7 Å². The molecule has 0 aliphatic heterocycles. The Kier molecular flexibility index (Phi) is 5.04. The molecule has 1 amide bonds. The largest absolute Gasteiger partial charge is 0.357 e. The van der Waals surface area contributed by atoms with Crippen LogP contribution in [0.1, 0.15) is 33.6 Å². The van der Waals surface area contributed by atoms with Gasteiger partial charge < -0.3 is 10.6 Å². The van der Waals surface area contributed by atoms with Crippen LogP contribution in [0.2, 0.25) is 0 Å². The summed E-state index contributed by atoms with van der Waals surface area (Å²) in [7, 11) is 0. The van der Waals surface area contributed by atoms with Gasteiger partial charge in [0, 0.05) is 12.6 Å². The summed E-state index contributed by atoms with van der Waals surface area (Å²) in [6.07, 6.45) is 2.44. The number of nitrogens with one attached hydrogen (secondary N) is 2. The molecule has 1 unspecified atom stereocenters. The van der Waals surface area contributed by atoms with Gasteiger partial charge in [0.1, 0.15) is 0 Å². The molecule has 1 aromatic heterocycles. The highest BCUT2D eigenvalue weighted by molar-refractivity contribution is 8.02. The molecule has 0 bridgehead atoms. The summed E-state index contributed by atoms with van der Waals surface area (Å²) >= 11 is 2.99. The van der Waals surface area contributed by atoms with Crippen LogP contribution in [0.4, 0.5) is 5.13 Å². The second kappa shape index (κ2) is 6.56. The average molecular weight is 300 g/mol. The average Bonchev–Trinajstić information content (AvgIpc) is 3.06. The summed E-state index contributed by atoms with van der Waals surface area (Å²) in [5, 5.41) is 15.2. The Morgan fingerprint density at radius 2 is 2.16 bits per heavy atom. The number of rotatable bonds is 7. The molecule has 5 nitrogen and oxygen atoms in total. The maximum absolute atomic E-state index is 11.9. The van der Waals surface area contributed by atoms with Gasteiger partial charge in [0.25, 0.3) is 0 Å². The van der Waals surface area contributed by atoms with Crippen LogP contribution in [0, 0.1) is 5.92 Å². The Bertz CT molecular complexity index is 431. The van der Waals surface area contributed by atoms with Crippen LogP contribution in [0.3, 0.4) is 0 Å². The van der Waals surface area contributed by atoms with Gasteiger partial charge in [0.05, 0.1) is 5.25 Å². The zero-order valence-corrected chi connectivity index (χ0v) is 13.1. The molecule has 106 valence electrons. The molecule has 1 fully saturated rings. The fourth-order valence-corrected chi connectivity index (χ4v) is 3.37. The summed E-state index contributed by atoms with van der Waals surface area (Å²) in [6.45, 7) is 6.78. The molecule has 2 rings (SSSR count). The first kappa shape index (κ1) is 14.6. The van der Waals surface area contributed by atoms with E-state index in [1.807, 2.05) is 6.92 Å². The van der Waals surface area contributed by atoms with Crippen molar-refractivity contribution in [3.63, 3.8) is 0 Å². The van der Waals surface area contributed by atoms with Crippen molar-refractivity contribution >= 4 is 34.1 Å². The molecular weight excluding hydrogens is 280 g/mol. The topological polar surface area (TPSA) is 66.9 Å². The second-order valence-corrected chi connectivity index (χ2v) is 7.76. The first-order valence-corrected chi connectivity index (χ1v) is 8.28. The van der Waals surface area contributed by atoms with E-state index in [9.17, 15) is 4.79 Å². The normalized spacial score (nSPS) is 16.4. The zero-order chi connectivity index (χ0) is 13.8. The van der Waals surface area contributed by atoms with Crippen LogP contribution in [0.5, 0.6) is 0 Å². The van der Waals surface area contributed by atoms with Crippen molar-refractivity contribution in [3.8, 4) is 0 Å². The zero-order valence-electron chi connectivity index (χ0n) is 11.5. The van der Waals surface area contributed by atoms with E-state index in [1.165, 1.54) is 35.9 Å². The molecule has 7 heteroatoms. The van der Waals surface area contributed by atoms with Crippen molar-refractivity contribution in [2.75, 3.05) is 11.9 Å². The van der Waals surface area contributed by atoms with Crippen LogP contribution in [0.25, 0.3) is 0 Å². The minimum atomic E-state index is -0.138. The molecule has 1 aromatic rings. The Hall–Kier alpha value is -0.820. The van der Waals surface area contributed by atoms with Gasteiger partial charge in [-0.15, -0.1) is 10.2 Å². The number of anilines is 1. The molecule has 1 heterocycles. The first-order valence-electron chi connectivity index (χ1n) is 6.59. The number of carbonyl (C=O) groups is 1. The first-order chi connectivity index (χ1) is 9.04. The van der Waals surface area contributed by atoms with Crippen LogP contribution in [-0.2, 0) is 4.79 Å². The van der Waals surface area contributed by atoms with Gasteiger partial charge in [0.2, 0.25) is 11.0 Å². The molecule has 1 saturated carbocycles. The predicted octanol–water partition coefficient (Wildman–Crippen LogP) is 2.37. The molecule has 0 aromatic carbocycles. The van der Waals surface area contributed by atoms with E-state index >= 15 is 0 Å². The predicted molar refractivity (Wildman–Crippen MR) is 79.7 cm³/mol. The molecule has 1 aliphatic carbocycles. The van der Waals surface area contributed by atoms with Crippen LogP contribution >= 0.6 is 23.1 Å². The van der Waals surface area contributed by atoms with Gasteiger partial charge in [0.15, 0.2) is 4.34 Å². The molecule has 1 atom stereocenters. The third-order valence-electron chi connectivity index (χ3n) is 2.64. The van der Waals surface area contributed by atoms with E-state index in [0.717, 1.165) is 9.47 Å². The number of nitrogens with zero attached hydrogens (tertiary/aromatic N) is 2. The van der Waals surface area contributed by atoms with Gasteiger partial charge in [-0.25, -0.2) is 0 Å². The highest BCUT2D eigenvalue weighted by Crippen LogP contribution is 2.31. The third-order valence-corrected chi connectivity index (χ3v) is 4.68. The number of carbonyl (C=O) groups excluding carboxylic acids is 1. The van der Waals surface area contributed by atoms with Crippen molar-refractivity contribution in [2.24, 2.45) is 5.92 Å². The summed E-state index contributed by atoms with van der Waals surface area (Å²) < 4.78 is 0.843. The van der Waals surface area contributed by atoms with Crippen LogP contribution in [-0.4, -0.2) is 33.9 Å². The lowest BCUT2D eigenvalue weighted by molar-refractivity contribution is -0.120. The molecule has 0 saturated heterocycles. The fourth-order valence-electron chi connectivity index (χ4n) is 1.37. The quantitative estimate of drug-likeness (QED) is 0.757. The molecule has 19 heavy (non-hydrogen) atoms. The molecule has 0 radical (unpaired) electrons. The van der Waals surface area contributed by atoms with Gasteiger partial charge in [-0.2, -0.15) is 0 Å². The number of aromatic nitrogens is 2. The minimum Gasteiger partial charge on any atom is -0.357 e. The summed E-state index contributed by atoms with van der Waals surface area (Å²) in [5.74, 6) is 0.530. The Morgan fingerprint density at radius 1 is 1.42 bits per heavy atom. The van der Waals surface area contributed by atoms with Crippen LogP contribution < -0.4 is 10.6 Å². The minimum absolute atomic E-state index is 0.0607. The lowest BCUT2D eigenvalue weighted by Gasteiger charge is -2.11. The molecule has 1 aliphatic rings. The highest BCUT2D eigenvalue weighted by Gasteiger charge is 2.23. The second-order valence-electron chi connectivity index (χ2n) is 5.19.